The minimum atomic E-state index is -0.738. The number of rotatable bonds is 2. The van der Waals surface area contributed by atoms with Crippen LogP contribution in [0.1, 0.15) is 34.6 Å². The van der Waals surface area contributed by atoms with Gasteiger partial charge in [0.2, 0.25) is 0 Å². The predicted molar refractivity (Wildman–Crippen MR) is 94.1 cm³/mol. The number of halogens is 1. The molecule has 0 radical (unpaired) electrons. The Morgan fingerprint density at radius 2 is 1.88 bits per heavy atom. The summed E-state index contributed by atoms with van der Waals surface area (Å²) >= 11 is 0. The van der Waals surface area contributed by atoms with Crippen molar-refractivity contribution in [2.45, 2.75) is 18.4 Å². The second kappa shape index (κ2) is 5.55. The molecule has 2 heterocycles. The van der Waals surface area contributed by atoms with E-state index < -0.39 is 11.5 Å². The van der Waals surface area contributed by atoms with Crippen LogP contribution >= 0.6 is 0 Å². The van der Waals surface area contributed by atoms with Gasteiger partial charge in [0.25, 0.3) is 0 Å². The van der Waals surface area contributed by atoms with Crippen molar-refractivity contribution >= 4 is 11.5 Å². The highest BCUT2D eigenvalue weighted by Crippen LogP contribution is 2.46. The largest absolute Gasteiger partial charge is 0.374 e. The molecule has 1 aliphatic rings. The average molecular weight is 335 g/mol. The van der Waals surface area contributed by atoms with Gasteiger partial charge < -0.3 is 9.88 Å². The normalized spacial score (nSPS) is 22.4. The smallest absolute Gasteiger partial charge is 0.178 e. The van der Waals surface area contributed by atoms with Crippen LogP contribution in [-0.4, -0.2) is 15.3 Å². The van der Waals surface area contributed by atoms with E-state index in [1.807, 2.05) is 49.0 Å². The van der Waals surface area contributed by atoms with E-state index in [2.05, 4.69) is 10.3 Å². The number of aromatic nitrogens is 2. The molecule has 3 aromatic rings. The van der Waals surface area contributed by atoms with Gasteiger partial charge in [0.05, 0.1) is 5.54 Å². The van der Waals surface area contributed by atoms with Crippen LogP contribution in [0.15, 0.2) is 60.9 Å². The third-order valence-electron chi connectivity index (χ3n) is 4.99. The zero-order valence-corrected chi connectivity index (χ0v) is 14.0. The summed E-state index contributed by atoms with van der Waals surface area (Å²) in [5.41, 5.74) is 1.53. The molecular formula is C20H18FN3O. The predicted octanol–water partition coefficient (Wildman–Crippen LogP) is 3.87. The fourth-order valence-corrected chi connectivity index (χ4v) is 3.64. The van der Waals surface area contributed by atoms with Gasteiger partial charge in [-0.15, -0.1) is 0 Å². The van der Waals surface area contributed by atoms with E-state index in [1.54, 1.807) is 18.3 Å². The van der Waals surface area contributed by atoms with E-state index >= 15 is 0 Å². The average Bonchev–Trinajstić information content (AvgIpc) is 3.01. The van der Waals surface area contributed by atoms with Gasteiger partial charge >= 0.3 is 0 Å². The van der Waals surface area contributed by atoms with Crippen LogP contribution in [0.4, 0.5) is 10.1 Å². The van der Waals surface area contributed by atoms with E-state index in [4.69, 9.17) is 0 Å². The van der Waals surface area contributed by atoms with Gasteiger partial charge in [-0.05, 0) is 36.8 Å². The van der Waals surface area contributed by atoms with E-state index in [1.165, 1.54) is 12.1 Å². The van der Waals surface area contributed by atoms with Gasteiger partial charge in [0.15, 0.2) is 5.78 Å². The number of hydrogen-bond acceptors (Lipinski definition) is 3. The first-order valence-corrected chi connectivity index (χ1v) is 8.15. The summed E-state index contributed by atoms with van der Waals surface area (Å²) in [6.45, 7) is 1.97. The zero-order valence-electron chi connectivity index (χ0n) is 14.0. The zero-order chi connectivity index (χ0) is 17.6. The molecule has 2 unspecified atom stereocenters. The summed E-state index contributed by atoms with van der Waals surface area (Å²) in [5.74, 6) is -0.134. The highest BCUT2D eigenvalue weighted by atomic mass is 19.1. The van der Waals surface area contributed by atoms with Crippen molar-refractivity contribution in [1.29, 1.82) is 0 Å². The lowest BCUT2D eigenvalue weighted by Gasteiger charge is -2.42. The van der Waals surface area contributed by atoms with Gasteiger partial charge in [0, 0.05) is 30.7 Å². The summed E-state index contributed by atoms with van der Waals surface area (Å²) in [6, 6.07) is 13.7. The number of aryl methyl sites for hydroxylation is 1. The molecule has 2 aromatic carbocycles. The SMILES string of the molecule is Cn1ccnc1C1C(=O)c2ccccc2NC1(C)c1ccc(F)cc1. The molecule has 1 aromatic heterocycles. The molecule has 0 spiro atoms. The van der Waals surface area contributed by atoms with Gasteiger partial charge in [-0.3, -0.25) is 4.79 Å². The monoisotopic (exact) mass is 335 g/mol. The molecule has 1 aliphatic heterocycles. The third-order valence-corrected chi connectivity index (χ3v) is 4.99. The molecule has 0 fully saturated rings. The Morgan fingerprint density at radius 3 is 2.56 bits per heavy atom. The molecule has 0 amide bonds. The Bertz CT molecular complexity index is 948. The van der Waals surface area contributed by atoms with Crippen LogP contribution in [0.25, 0.3) is 0 Å². The molecule has 0 saturated heterocycles. The number of benzene rings is 2. The summed E-state index contributed by atoms with van der Waals surface area (Å²) < 4.78 is 15.3. The first kappa shape index (κ1) is 15.6. The molecule has 126 valence electrons. The number of nitrogens with zero attached hydrogens (tertiary/aromatic N) is 2. The van der Waals surface area contributed by atoms with Crippen LogP contribution in [-0.2, 0) is 12.6 Å². The second-order valence-electron chi connectivity index (χ2n) is 6.57. The number of para-hydroxylation sites is 1. The molecule has 0 bridgehead atoms. The Hall–Kier alpha value is -2.95. The van der Waals surface area contributed by atoms with Crippen molar-refractivity contribution in [2.75, 3.05) is 5.32 Å². The Kier molecular flexibility index (Phi) is 3.46. The number of hydrogen-bond donors (Lipinski definition) is 1. The Balaban J connectivity index is 1.95. The number of carbonyl (C=O) groups excluding carboxylic acids is 1. The fraction of sp³-hybridized carbons (Fsp3) is 0.200. The first-order valence-electron chi connectivity index (χ1n) is 8.15. The van der Waals surface area contributed by atoms with Crippen molar-refractivity contribution in [3.63, 3.8) is 0 Å². The molecule has 0 aliphatic carbocycles. The molecule has 4 rings (SSSR count). The lowest BCUT2D eigenvalue weighted by molar-refractivity contribution is 0.0911. The quantitative estimate of drug-likeness (QED) is 0.773. The molecule has 4 nitrogen and oxygen atoms in total. The standard InChI is InChI=1S/C20H18FN3O/c1-20(13-7-9-14(21)10-8-13)17(19-22-11-12-24(19)2)18(25)15-5-3-4-6-16(15)23-20/h3-12,17,23H,1-2H3. The molecule has 2 atom stereocenters. The van der Waals surface area contributed by atoms with Crippen LogP contribution in [0.3, 0.4) is 0 Å². The summed E-state index contributed by atoms with van der Waals surface area (Å²) in [6.07, 6.45) is 3.52. The van der Waals surface area contributed by atoms with Crippen molar-refractivity contribution in [2.24, 2.45) is 7.05 Å². The Morgan fingerprint density at radius 1 is 1.16 bits per heavy atom. The number of ketones is 1. The van der Waals surface area contributed by atoms with Crippen LogP contribution in [0.5, 0.6) is 0 Å². The second-order valence-corrected chi connectivity index (χ2v) is 6.57. The summed E-state index contributed by atoms with van der Waals surface area (Å²) in [5, 5.41) is 3.51. The van der Waals surface area contributed by atoms with Gasteiger partial charge in [-0.25, -0.2) is 9.37 Å². The first-order chi connectivity index (χ1) is 12.0. The van der Waals surface area contributed by atoms with Crippen molar-refractivity contribution in [3.8, 4) is 0 Å². The highest BCUT2D eigenvalue weighted by Gasteiger charge is 2.48. The number of imidazole rings is 1. The topological polar surface area (TPSA) is 46.9 Å². The Labute approximate surface area is 145 Å². The van der Waals surface area contributed by atoms with E-state index in [9.17, 15) is 9.18 Å². The van der Waals surface area contributed by atoms with Crippen molar-refractivity contribution in [1.82, 2.24) is 9.55 Å². The van der Waals surface area contributed by atoms with Crippen molar-refractivity contribution in [3.05, 3.63) is 83.7 Å². The lowest BCUT2D eigenvalue weighted by atomic mass is 9.72. The molecule has 0 saturated carbocycles. The van der Waals surface area contributed by atoms with E-state index in [0.29, 0.717) is 11.4 Å². The lowest BCUT2D eigenvalue weighted by Crippen LogP contribution is -2.47. The number of fused-ring (bicyclic) bond motifs is 1. The van der Waals surface area contributed by atoms with Gasteiger partial charge in [-0.2, -0.15) is 0 Å². The number of carbonyl (C=O) groups is 1. The van der Waals surface area contributed by atoms with Gasteiger partial charge in [0.1, 0.15) is 17.6 Å². The van der Waals surface area contributed by atoms with E-state index in [0.717, 1.165) is 11.3 Å². The van der Waals surface area contributed by atoms with Crippen molar-refractivity contribution < 1.29 is 9.18 Å². The maximum Gasteiger partial charge on any atom is 0.178 e. The van der Waals surface area contributed by atoms with Crippen LogP contribution < -0.4 is 5.32 Å². The molecule has 1 N–H and O–H groups in total. The van der Waals surface area contributed by atoms with E-state index in [-0.39, 0.29) is 11.6 Å². The maximum atomic E-state index is 13.4. The number of anilines is 1. The molecule has 25 heavy (non-hydrogen) atoms. The van der Waals surface area contributed by atoms with Crippen LogP contribution in [0.2, 0.25) is 0 Å². The fourth-order valence-electron chi connectivity index (χ4n) is 3.64. The third kappa shape index (κ3) is 2.35. The summed E-state index contributed by atoms with van der Waals surface area (Å²) in [7, 11) is 1.88. The molecule has 5 heteroatoms. The maximum absolute atomic E-state index is 13.4. The number of nitrogens with one attached hydrogen (secondary N) is 1. The minimum Gasteiger partial charge on any atom is -0.374 e. The summed E-state index contributed by atoms with van der Waals surface area (Å²) in [4.78, 5) is 17.8. The van der Waals surface area contributed by atoms with Gasteiger partial charge in [-0.1, -0.05) is 24.3 Å². The highest BCUT2D eigenvalue weighted by molar-refractivity contribution is 6.08. The minimum absolute atomic E-state index is 0.00970. The molecular weight excluding hydrogens is 317 g/mol. The van der Waals surface area contributed by atoms with Crippen LogP contribution in [0, 0.1) is 5.82 Å². The number of Topliss-reactive ketones (excluding diaryl/α,β-unsaturated/α-hetero) is 1.